The Bertz CT molecular complexity index is 913. The second-order valence-corrected chi connectivity index (χ2v) is 7.31. The molecule has 25 heavy (non-hydrogen) atoms. The van der Waals surface area contributed by atoms with Gasteiger partial charge in [-0.3, -0.25) is 15.1 Å². The Morgan fingerprint density at radius 2 is 2.04 bits per heavy atom. The SMILES string of the molecule is Cc1ccc(C(=O)Nc2nnc(SCc3ccc(C#N)cc3)s2)cn1. The zero-order chi connectivity index (χ0) is 17.6. The molecule has 124 valence electrons. The minimum atomic E-state index is -0.257. The van der Waals surface area contributed by atoms with Crippen molar-refractivity contribution in [2.45, 2.75) is 17.0 Å². The van der Waals surface area contributed by atoms with E-state index in [1.54, 1.807) is 24.3 Å². The van der Waals surface area contributed by atoms with Gasteiger partial charge in [-0.25, -0.2) is 0 Å². The number of hydrogen-bond acceptors (Lipinski definition) is 7. The zero-order valence-corrected chi connectivity index (χ0v) is 14.9. The molecule has 1 amide bonds. The zero-order valence-electron chi connectivity index (χ0n) is 13.3. The Kier molecular flexibility index (Phi) is 5.38. The van der Waals surface area contributed by atoms with Crippen molar-refractivity contribution >= 4 is 34.1 Å². The molecule has 0 saturated carbocycles. The third-order valence-electron chi connectivity index (χ3n) is 3.25. The van der Waals surface area contributed by atoms with E-state index in [1.807, 2.05) is 19.1 Å². The summed E-state index contributed by atoms with van der Waals surface area (Å²) in [6.45, 7) is 1.86. The van der Waals surface area contributed by atoms with E-state index in [4.69, 9.17) is 5.26 Å². The number of benzene rings is 1. The predicted molar refractivity (Wildman–Crippen MR) is 97.6 cm³/mol. The second-order valence-electron chi connectivity index (χ2n) is 5.11. The molecule has 0 fully saturated rings. The number of pyridine rings is 1. The number of aryl methyl sites for hydroxylation is 1. The first-order valence-corrected chi connectivity index (χ1v) is 9.13. The Balaban J connectivity index is 1.57. The van der Waals surface area contributed by atoms with Crippen LogP contribution in [0.4, 0.5) is 5.13 Å². The maximum Gasteiger partial charge on any atom is 0.259 e. The molecule has 2 heterocycles. The minimum Gasteiger partial charge on any atom is -0.296 e. The van der Waals surface area contributed by atoms with Gasteiger partial charge in [0, 0.05) is 17.6 Å². The molecule has 6 nitrogen and oxygen atoms in total. The monoisotopic (exact) mass is 367 g/mol. The minimum absolute atomic E-state index is 0.257. The molecule has 0 bridgehead atoms. The van der Waals surface area contributed by atoms with Crippen LogP contribution < -0.4 is 5.32 Å². The number of aromatic nitrogens is 3. The van der Waals surface area contributed by atoms with E-state index >= 15 is 0 Å². The number of thioether (sulfide) groups is 1. The molecule has 0 spiro atoms. The highest BCUT2D eigenvalue weighted by molar-refractivity contribution is 8.00. The van der Waals surface area contributed by atoms with Gasteiger partial charge in [0.1, 0.15) is 0 Å². The Morgan fingerprint density at radius 1 is 1.24 bits per heavy atom. The third-order valence-corrected chi connectivity index (χ3v) is 5.29. The third kappa shape index (κ3) is 4.62. The molecule has 2 aromatic heterocycles. The van der Waals surface area contributed by atoms with Crippen molar-refractivity contribution in [2.24, 2.45) is 0 Å². The van der Waals surface area contributed by atoms with Gasteiger partial charge in [0.2, 0.25) is 5.13 Å². The van der Waals surface area contributed by atoms with E-state index in [-0.39, 0.29) is 5.91 Å². The van der Waals surface area contributed by atoms with Crippen molar-refractivity contribution in [3.63, 3.8) is 0 Å². The van der Waals surface area contributed by atoms with Crippen LogP contribution >= 0.6 is 23.1 Å². The molecule has 0 atom stereocenters. The molecule has 3 rings (SSSR count). The number of carbonyl (C=O) groups excluding carboxylic acids is 1. The summed E-state index contributed by atoms with van der Waals surface area (Å²) in [6.07, 6.45) is 1.53. The first-order valence-electron chi connectivity index (χ1n) is 7.33. The standard InChI is InChI=1S/C17H13N5OS2/c1-11-2-7-14(9-19-11)15(23)20-16-21-22-17(25-16)24-10-13-5-3-12(8-18)4-6-13/h2-7,9H,10H2,1H3,(H,20,21,23). The van der Waals surface area contributed by atoms with Crippen LogP contribution in [0.1, 0.15) is 27.2 Å². The summed E-state index contributed by atoms with van der Waals surface area (Å²) >= 11 is 2.85. The van der Waals surface area contributed by atoms with Crippen LogP contribution in [0.3, 0.4) is 0 Å². The first kappa shape index (κ1) is 17.1. The highest BCUT2D eigenvalue weighted by atomic mass is 32.2. The second kappa shape index (κ2) is 7.88. The average Bonchev–Trinajstić information content (AvgIpc) is 3.08. The van der Waals surface area contributed by atoms with Gasteiger partial charge in [-0.2, -0.15) is 5.26 Å². The average molecular weight is 367 g/mol. The van der Waals surface area contributed by atoms with Gasteiger partial charge in [-0.1, -0.05) is 35.2 Å². The molecule has 3 aromatic rings. The van der Waals surface area contributed by atoms with Crippen molar-refractivity contribution in [1.82, 2.24) is 15.2 Å². The maximum absolute atomic E-state index is 12.1. The summed E-state index contributed by atoms with van der Waals surface area (Å²) in [5, 5.41) is 20.0. The highest BCUT2D eigenvalue weighted by Crippen LogP contribution is 2.28. The normalized spacial score (nSPS) is 10.2. The van der Waals surface area contributed by atoms with Gasteiger partial charge >= 0.3 is 0 Å². The van der Waals surface area contributed by atoms with Crippen LogP contribution in [0.5, 0.6) is 0 Å². The smallest absolute Gasteiger partial charge is 0.259 e. The molecular formula is C17H13N5OS2. The van der Waals surface area contributed by atoms with Crippen molar-refractivity contribution in [3.8, 4) is 6.07 Å². The largest absolute Gasteiger partial charge is 0.296 e. The van der Waals surface area contributed by atoms with Crippen LogP contribution in [-0.4, -0.2) is 21.1 Å². The van der Waals surface area contributed by atoms with Crippen LogP contribution in [0.15, 0.2) is 46.9 Å². The molecule has 0 aliphatic heterocycles. The lowest BCUT2D eigenvalue weighted by atomic mass is 10.2. The molecule has 0 unspecified atom stereocenters. The Labute approximate surface area is 153 Å². The highest BCUT2D eigenvalue weighted by Gasteiger charge is 2.11. The predicted octanol–water partition coefficient (Wildman–Crippen LogP) is 3.66. The van der Waals surface area contributed by atoms with Crippen LogP contribution in [0, 0.1) is 18.3 Å². The molecule has 0 radical (unpaired) electrons. The summed E-state index contributed by atoms with van der Waals surface area (Å²) in [5.74, 6) is 0.461. The number of amides is 1. The van der Waals surface area contributed by atoms with Gasteiger partial charge in [0.15, 0.2) is 4.34 Å². The summed E-state index contributed by atoms with van der Waals surface area (Å²) in [7, 11) is 0. The van der Waals surface area contributed by atoms with Crippen molar-refractivity contribution in [3.05, 3.63) is 65.0 Å². The summed E-state index contributed by atoms with van der Waals surface area (Å²) in [5.41, 5.74) is 3.07. The van der Waals surface area contributed by atoms with Gasteiger partial charge in [-0.05, 0) is 36.8 Å². The number of nitrogens with zero attached hydrogens (tertiary/aromatic N) is 4. The molecule has 1 N–H and O–H groups in total. The lowest BCUT2D eigenvalue weighted by Crippen LogP contribution is -2.12. The Hall–Kier alpha value is -2.76. The van der Waals surface area contributed by atoms with Crippen LogP contribution in [0.25, 0.3) is 0 Å². The van der Waals surface area contributed by atoms with E-state index < -0.39 is 0 Å². The number of nitriles is 1. The van der Waals surface area contributed by atoms with E-state index in [1.165, 1.54) is 29.3 Å². The van der Waals surface area contributed by atoms with E-state index in [0.29, 0.717) is 16.3 Å². The van der Waals surface area contributed by atoms with Gasteiger partial charge in [0.25, 0.3) is 5.91 Å². The molecule has 8 heteroatoms. The molecule has 1 aromatic carbocycles. The lowest BCUT2D eigenvalue weighted by molar-refractivity contribution is 0.102. The van der Waals surface area contributed by atoms with Crippen LogP contribution in [0.2, 0.25) is 0 Å². The Morgan fingerprint density at radius 3 is 2.72 bits per heavy atom. The number of anilines is 1. The fourth-order valence-corrected chi connectivity index (χ4v) is 3.61. The fourth-order valence-electron chi connectivity index (χ4n) is 1.91. The van der Waals surface area contributed by atoms with E-state index in [0.717, 1.165) is 21.3 Å². The number of rotatable bonds is 5. The first-order chi connectivity index (χ1) is 12.1. The number of nitrogens with one attached hydrogen (secondary N) is 1. The molecule has 0 aliphatic rings. The summed E-state index contributed by atoms with van der Waals surface area (Å²) < 4.78 is 0.765. The van der Waals surface area contributed by atoms with E-state index in [2.05, 4.69) is 26.6 Å². The van der Waals surface area contributed by atoms with Gasteiger partial charge in [-0.15, -0.1) is 10.2 Å². The van der Waals surface area contributed by atoms with Crippen molar-refractivity contribution in [1.29, 1.82) is 5.26 Å². The van der Waals surface area contributed by atoms with Crippen LogP contribution in [-0.2, 0) is 5.75 Å². The van der Waals surface area contributed by atoms with Gasteiger partial charge < -0.3 is 0 Å². The fraction of sp³-hybridized carbons (Fsp3) is 0.118. The maximum atomic E-state index is 12.1. The van der Waals surface area contributed by atoms with E-state index in [9.17, 15) is 4.79 Å². The summed E-state index contributed by atoms with van der Waals surface area (Å²) in [6, 6.07) is 13.0. The lowest BCUT2D eigenvalue weighted by Gasteiger charge is -2.00. The van der Waals surface area contributed by atoms with Crippen molar-refractivity contribution in [2.75, 3.05) is 5.32 Å². The summed E-state index contributed by atoms with van der Waals surface area (Å²) in [4.78, 5) is 16.2. The molecule has 0 aliphatic carbocycles. The topological polar surface area (TPSA) is 91.6 Å². The molecular weight excluding hydrogens is 354 g/mol. The molecule has 0 saturated heterocycles. The quantitative estimate of drug-likeness (QED) is 0.546. The number of hydrogen-bond donors (Lipinski definition) is 1. The van der Waals surface area contributed by atoms with Crippen molar-refractivity contribution < 1.29 is 4.79 Å². The van der Waals surface area contributed by atoms with Gasteiger partial charge in [0.05, 0.1) is 17.2 Å². The number of carbonyl (C=O) groups is 1.